The largest absolute Gasteiger partial charge is 0.503 e. The number of nitrogens with zero attached hydrogens (tertiary/aromatic N) is 2. The Morgan fingerprint density at radius 3 is 2.74 bits per heavy atom. The molecule has 2 heterocycles. The van der Waals surface area contributed by atoms with Gasteiger partial charge >= 0.3 is 0 Å². The van der Waals surface area contributed by atoms with Gasteiger partial charge in [0.25, 0.3) is 5.91 Å². The molecular weight excluding hydrogens is 408 g/mol. The maximum atomic E-state index is 13.8. The first-order valence-electron chi connectivity index (χ1n) is 10.1. The molecule has 2 atom stereocenters. The van der Waals surface area contributed by atoms with Crippen molar-refractivity contribution in [3.8, 4) is 5.75 Å². The van der Waals surface area contributed by atoms with E-state index in [2.05, 4.69) is 5.32 Å². The first kappa shape index (κ1) is 22.5. The van der Waals surface area contributed by atoms with Gasteiger partial charge in [-0.05, 0) is 25.3 Å². The topological polar surface area (TPSA) is 91.6 Å². The van der Waals surface area contributed by atoms with E-state index in [1.165, 1.54) is 12.3 Å². The molecule has 1 aromatic heterocycles. The summed E-state index contributed by atoms with van der Waals surface area (Å²) < 4.78 is 28.4. The second-order valence-corrected chi connectivity index (χ2v) is 7.74. The molecule has 166 valence electrons. The zero-order chi connectivity index (χ0) is 22.7. The lowest BCUT2D eigenvalue weighted by atomic mass is 9.97. The standard InChI is InChI=1S/C22H25F2N3O4/c1-3-14-6-7-26(12-28)19(14)11-27-10-17(21(30)20(29)13(27)2)22(31)25-9-15-4-5-16(23)8-18(15)24/h4-5,8,10,12,14,19,29H,3,6-7,9,11H2,1-2H3,(H,25,31). The molecule has 1 aliphatic heterocycles. The summed E-state index contributed by atoms with van der Waals surface area (Å²) in [5.41, 5.74) is -0.783. The Labute approximate surface area is 178 Å². The van der Waals surface area contributed by atoms with Crippen LogP contribution in [0.1, 0.15) is 41.4 Å². The number of carbonyl (C=O) groups excluding carboxylic acids is 2. The van der Waals surface area contributed by atoms with Crippen LogP contribution in [0.15, 0.2) is 29.2 Å². The summed E-state index contributed by atoms with van der Waals surface area (Å²) in [6.07, 6.45) is 3.88. The molecule has 3 rings (SSSR count). The fraction of sp³-hybridized carbons (Fsp3) is 0.409. The van der Waals surface area contributed by atoms with Gasteiger partial charge in [-0.1, -0.05) is 19.4 Å². The number of likely N-dealkylation sites (tertiary alicyclic amines) is 1. The summed E-state index contributed by atoms with van der Waals surface area (Å²) in [4.78, 5) is 38.2. The molecule has 0 bridgehead atoms. The van der Waals surface area contributed by atoms with E-state index in [9.17, 15) is 28.3 Å². The van der Waals surface area contributed by atoms with Gasteiger partial charge in [-0.15, -0.1) is 0 Å². The van der Waals surface area contributed by atoms with Gasteiger partial charge in [-0.2, -0.15) is 0 Å². The number of aromatic hydroxyl groups is 1. The van der Waals surface area contributed by atoms with Crippen molar-refractivity contribution in [3.63, 3.8) is 0 Å². The lowest BCUT2D eigenvalue weighted by Crippen LogP contribution is -2.37. The highest BCUT2D eigenvalue weighted by atomic mass is 19.1. The summed E-state index contributed by atoms with van der Waals surface area (Å²) >= 11 is 0. The molecule has 2 aromatic rings. The Bertz CT molecular complexity index is 1050. The molecule has 2 unspecified atom stereocenters. The molecule has 7 nitrogen and oxygen atoms in total. The Kier molecular flexibility index (Phi) is 6.72. The van der Waals surface area contributed by atoms with Crippen LogP contribution in [0.25, 0.3) is 0 Å². The molecule has 2 amide bonds. The van der Waals surface area contributed by atoms with Gasteiger partial charge in [0.1, 0.15) is 17.2 Å². The summed E-state index contributed by atoms with van der Waals surface area (Å²) in [5.74, 6) is -2.62. The van der Waals surface area contributed by atoms with Crippen molar-refractivity contribution >= 4 is 12.3 Å². The first-order chi connectivity index (χ1) is 14.8. The van der Waals surface area contributed by atoms with Crippen molar-refractivity contribution < 1.29 is 23.5 Å². The highest BCUT2D eigenvalue weighted by Gasteiger charge is 2.33. The molecule has 9 heteroatoms. The maximum Gasteiger partial charge on any atom is 0.257 e. The van der Waals surface area contributed by atoms with E-state index in [4.69, 9.17) is 0 Å². The van der Waals surface area contributed by atoms with Crippen molar-refractivity contribution in [2.75, 3.05) is 6.54 Å². The predicted octanol–water partition coefficient (Wildman–Crippen LogP) is 2.33. The molecule has 1 fully saturated rings. The van der Waals surface area contributed by atoms with Gasteiger partial charge in [0, 0.05) is 37.5 Å². The predicted molar refractivity (Wildman–Crippen MR) is 110 cm³/mol. The minimum atomic E-state index is -0.837. The molecule has 31 heavy (non-hydrogen) atoms. The summed E-state index contributed by atoms with van der Waals surface area (Å²) in [6.45, 7) is 4.30. The zero-order valence-corrected chi connectivity index (χ0v) is 17.4. The number of aromatic nitrogens is 1. The fourth-order valence-electron chi connectivity index (χ4n) is 4.03. The number of nitrogens with one attached hydrogen (secondary N) is 1. The molecule has 0 aliphatic carbocycles. The Morgan fingerprint density at radius 1 is 1.35 bits per heavy atom. The van der Waals surface area contributed by atoms with Gasteiger partial charge in [-0.3, -0.25) is 14.4 Å². The SMILES string of the molecule is CCC1CCN(C=O)C1Cn1cc(C(=O)NCc2ccc(F)cc2F)c(=O)c(O)c1C. The minimum Gasteiger partial charge on any atom is -0.503 e. The normalized spacial score (nSPS) is 18.3. The molecule has 0 saturated carbocycles. The van der Waals surface area contributed by atoms with E-state index in [1.807, 2.05) is 6.92 Å². The van der Waals surface area contributed by atoms with Crippen molar-refractivity contribution in [1.82, 2.24) is 14.8 Å². The van der Waals surface area contributed by atoms with Crippen LogP contribution in [0.2, 0.25) is 0 Å². The van der Waals surface area contributed by atoms with Gasteiger partial charge in [0.05, 0.1) is 11.7 Å². The van der Waals surface area contributed by atoms with Crippen LogP contribution >= 0.6 is 0 Å². The van der Waals surface area contributed by atoms with Crippen molar-refractivity contribution in [2.24, 2.45) is 5.92 Å². The smallest absolute Gasteiger partial charge is 0.257 e. The van der Waals surface area contributed by atoms with Crippen LogP contribution in [-0.2, 0) is 17.9 Å². The lowest BCUT2D eigenvalue weighted by molar-refractivity contribution is -0.119. The number of amides is 2. The van der Waals surface area contributed by atoms with E-state index < -0.39 is 28.7 Å². The second kappa shape index (κ2) is 9.28. The summed E-state index contributed by atoms with van der Waals surface area (Å²) in [6, 6.07) is 2.86. The van der Waals surface area contributed by atoms with E-state index in [0.717, 1.165) is 25.3 Å². The number of pyridine rings is 1. The van der Waals surface area contributed by atoms with Crippen molar-refractivity contribution in [2.45, 2.75) is 45.8 Å². The number of halogens is 2. The Hall–Kier alpha value is -3.23. The van der Waals surface area contributed by atoms with E-state index in [-0.39, 0.29) is 29.6 Å². The van der Waals surface area contributed by atoms with Gasteiger partial charge in [0.2, 0.25) is 11.8 Å². The van der Waals surface area contributed by atoms with Crippen LogP contribution in [0.3, 0.4) is 0 Å². The molecular formula is C22H25F2N3O4. The van der Waals surface area contributed by atoms with Gasteiger partial charge in [-0.25, -0.2) is 8.78 Å². The molecule has 1 aliphatic rings. The second-order valence-electron chi connectivity index (χ2n) is 7.74. The minimum absolute atomic E-state index is 0.0600. The third-order valence-electron chi connectivity index (χ3n) is 5.99. The molecule has 0 radical (unpaired) electrons. The monoisotopic (exact) mass is 433 g/mol. The number of hydrogen-bond donors (Lipinski definition) is 2. The van der Waals surface area contributed by atoms with Crippen LogP contribution < -0.4 is 10.7 Å². The molecule has 1 saturated heterocycles. The first-order valence-corrected chi connectivity index (χ1v) is 10.1. The van der Waals surface area contributed by atoms with Crippen LogP contribution in [0.4, 0.5) is 8.78 Å². The summed E-state index contributed by atoms with van der Waals surface area (Å²) in [7, 11) is 0. The highest BCUT2D eigenvalue weighted by Crippen LogP contribution is 2.28. The number of benzene rings is 1. The summed E-state index contributed by atoms with van der Waals surface area (Å²) in [5, 5.41) is 12.7. The molecule has 2 N–H and O–H groups in total. The molecule has 1 aromatic carbocycles. The van der Waals surface area contributed by atoms with Gasteiger partial charge in [0.15, 0.2) is 5.75 Å². The molecule has 0 spiro atoms. The van der Waals surface area contributed by atoms with Crippen molar-refractivity contribution in [3.05, 3.63) is 63.1 Å². The maximum absolute atomic E-state index is 13.8. The average molecular weight is 433 g/mol. The third-order valence-corrected chi connectivity index (χ3v) is 5.99. The number of hydrogen-bond acceptors (Lipinski definition) is 4. The average Bonchev–Trinajstić information content (AvgIpc) is 3.14. The number of rotatable bonds is 7. The highest BCUT2D eigenvalue weighted by molar-refractivity contribution is 5.94. The third kappa shape index (κ3) is 4.60. The van der Waals surface area contributed by atoms with E-state index >= 15 is 0 Å². The van der Waals surface area contributed by atoms with Crippen molar-refractivity contribution in [1.29, 1.82) is 0 Å². The van der Waals surface area contributed by atoms with Gasteiger partial charge < -0.3 is 19.9 Å². The quantitative estimate of drug-likeness (QED) is 0.656. The van der Waals surface area contributed by atoms with E-state index in [0.29, 0.717) is 24.8 Å². The number of carbonyl (C=O) groups is 2. The van der Waals surface area contributed by atoms with Crippen LogP contribution in [0, 0.1) is 24.5 Å². The lowest BCUT2D eigenvalue weighted by Gasteiger charge is -2.27. The Balaban J connectivity index is 1.85. The zero-order valence-electron chi connectivity index (χ0n) is 17.4. The van der Waals surface area contributed by atoms with Crippen LogP contribution in [-0.4, -0.2) is 39.5 Å². The van der Waals surface area contributed by atoms with E-state index in [1.54, 1.807) is 16.4 Å². The van der Waals surface area contributed by atoms with Crippen LogP contribution in [0.5, 0.6) is 5.75 Å². The Morgan fingerprint density at radius 2 is 2.10 bits per heavy atom. The fourth-order valence-corrected chi connectivity index (χ4v) is 4.03.